The van der Waals surface area contributed by atoms with Gasteiger partial charge < -0.3 is 15.2 Å². The van der Waals surface area contributed by atoms with Crippen molar-refractivity contribution in [3.8, 4) is 0 Å². The molecule has 1 unspecified atom stereocenters. The molecule has 0 aliphatic rings. The fraction of sp³-hybridized carbons (Fsp3) is 0.909. The summed E-state index contributed by atoms with van der Waals surface area (Å²) in [5.74, 6) is -0.122. The quantitative estimate of drug-likeness (QED) is 0.663. The number of rotatable bonds is 7. The minimum absolute atomic E-state index is 0.00265. The molecule has 1 amide bonds. The fourth-order valence-corrected chi connectivity index (χ4v) is 1.22. The molecule has 0 saturated heterocycles. The molecule has 1 atom stereocenters. The number of hydrogen-bond donors (Lipinski definition) is 2. The lowest BCUT2D eigenvalue weighted by Gasteiger charge is -2.24. The van der Waals surface area contributed by atoms with E-state index in [1.54, 1.807) is 7.11 Å². The third kappa shape index (κ3) is 6.47. The molecule has 4 heteroatoms. The molecule has 0 aliphatic carbocycles. The molecule has 2 N–H and O–H groups in total. The summed E-state index contributed by atoms with van der Waals surface area (Å²) in [6, 6.07) is 0. The molecule has 15 heavy (non-hydrogen) atoms. The summed E-state index contributed by atoms with van der Waals surface area (Å²) in [6.07, 6.45) is 0.686. The van der Waals surface area contributed by atoms with Crippen LogP contribution in [0, 0.1) is 11.3 Å². The standard InChI is InChI=1S/C11H23NO3/c1-9(7-15-4)10(14)12-8-11(2,3)5-6-13/h9,13H,5-8H2,1-4H3,(H,12,14). The molecule has 0 heterocycles. The average molecular weight is 217 g/mol. The van der Waals surface area contributed by atoms with Crippen molar-refractivity contribution in [1.29, 1.82) is 0 Å². The van der Waals surface area contributed by atoms with Gasteiger partial charge in [-0.1, -0.05) is 20.8 Å². The van der Waals surface area contributed by atoms with E-state index in [1.807, 2.05) is 20.8 Å². The van der Waals surface area contributed by atoms with Gasteiger partial charge in [-0.2, -0.15) is 0 Å². The average Bonchev–Trinajstić information content (AvgIpc) is 2.14. The Hall–Kier alpha value is -0.610. The van der Waals surface area contributed by atoms with E-state index in [2.05, 4.69) is 5.32 Å². The molecule has 0 aliphatic heterocycles. The Morgan fingerprint density at radius 1 is 1.53 bits per heavy atom. The fourth-order valence-electron chi connectivity index (χ4n) is 1.22. The largest absolute Gasteiger partial charge is 0.396 e. The monoisotopic (exact) mass is 217 g/mol. The van der Waals surface area contributed by atoms with Crippen molar-refractivity contribution in [1.82, 2.24) is 5.32 Å². The predicted octanol–water partition coefficient (Wildman–Crippen LogP) is 0.794. The maximum Gasteiger partial charge on any atom is 0.225 e. The van der Waals surface area contributed by atoms with Crippen LogP contribution in [-0.2, 0) is 9.53 Å². The van der Waals surface area contributed by atoms with E-state index in [4.69, 9.17) is 9.84 Å². The van der Waals surface area contributed by atoms with Crippen LogP contribution in [0.1, 0.15) is 27.2 Å². The lowest BCUT2D eigenvalue weighted by Crippen LogP contribution is -2.38. The van der Waals surface area contributed by atoms with Crippen LogP contribution < -0.4 is 5.32 Å². The molecule has 0 spiro atoms. The van der Waals surface area contributed by atoms with Gasteiger partial charge in [0.15, 0.2) is 0 Å². The van der Waals surface area contributed by atoms with Crippen molar-refractivity contribution in [2.24, 2.45) is 11.3 Å². The van der Waals surface area contributed by atoms with Crippen LogP contribution in [-0.4, -0.2) is 37.9 Å². The molecule has 0 bridgehead atoms. The number of aliphatic hydroxyl groups excluding tert-OH is 1. The highest BCUT2D eigenvalue weighted by Gasteiger charge is 2.20. The van der Waals surface area contributed by atoms with Gasteiger partial charge in [0.1, 0.15) is 0 Å². The molecule has 90 valence electrons. The van der Waals surface area contributed by atoms with Gasteiger partial charge in [-0.3, -0.25) is 4.79 Å². The Labute approximate surface area is 92.0 Å². The first kappa shape index (κ1) is 14.4. The number of nitrogens with one attached hydrogen (secondary N) is 1. The summed E-state index contributed by atoms with van der Waals surface area (Å²) in [6.45, 7) is 7.04. The third-order valence-electron chi connectivity index (χ3n) is 2.39. The van der Waals surface area contributed by atoms with Crippen LogP contribution >= 0.6 is 0 Å². The zero-order chi connectivity index (χ0) is 11.9. The number of hydrogen-bond acceptors (Lipinski definition) is 3. The van der Waals surface area contributed by atoms with Crippen molar-refractivity contribution in [3.63, 3.8) is 0 Å². The van der Waals surface area contributed by atoms with E-state index in [0.29, 0.717) is 19.6 Å². The van der Waals surface area contributed by atoms with Gasteiger partial charge in [0, 0.05) is 20.3 Å². The highest BCUT2D eigenvalue weighted by atomic mass is 16.5. The summed E-state index contributed by atoms with van der Waals surface area (Å²) in [4.78, 5) is 11.5. The number of aliphatic hydroxyl groups is 1. The van der Waals surface area contributed by atoms with Crippen LogP contribution in [0.15, 0.2) is 0 Å². The smallest absolute Gasteiger partial charge is 0.225 e. The zero-order valence-corrected chi connectivity index (χ0v) is 10.2. The number of methoxy groups -OCH3 is 1. The summed E-state index contributed by atoms with van der Waals surface area (Å²) in [7, 11) is 1.58. The van der Waals surface area contributed by atoms with Gasteiger partial charge in [0.25, 0.3) is 0 Å². The van der Waals surface area contributed by atoms with Gasteiger partial charge in [-0.15, -0.1) is 0 Å². The molecule has 0 saturated carbocycles. The lowest BCUT2D eigenvalue weighted by molar-refractivity contribution is -0.126. The second kappa shape index (κ2) is 6.80. The number of amides is 1. The predicted molar refractivity (Wildman–Crippen MR) is 59.5 cm³/mol. The third-order valence-corrected chi connectivity index (χ3v) is 2.39. The van der Waals surface area contributed by atoms with Gasteiger partial charge in [0.05, 0.1) is 12.5 Å². The Bertz CT molecular complexity index is 192. The molecule has 0 fully saturated rings. The van der Waals surface area contributed by atoms with Gasteiger partial charge >= 0.3 is 0 Å². The highest BCUT2D eigenvalue weighted by molar-refractivity contribution is 5.78. The van der Waals surface area contributed by atoms with E-state index >= 15 is 0 Å². The van der Waals surface area contributed by atoms with Crippen LogP contribution in [0.25, 0.3) is 0 Å². The molecule has 4 nitrogen and oxygen atoms in total. The molecular weight excluding hydrogens is 194 g/mol. The topological polar surface area (TPSA) is 58.6 Å². The summed E-state index contributed by atoms with van der Waals surface area (Å²) >= 11 is 0. The van der Waals surface area contributed by atoms with Crippen molar-refractivity contribution in [2.45, 2.75) is 27.2 Å². The lowest BCUT2D eigenvalue weighted by atomic mass is 9.89. The van der Waals surface area contributed by atoms with Crippen molar-refractivity contribution < 1.29 is 14.6 Å². The Morgan fingerprint density at radius 3 is 2.60 bits per heavy atom. The second-order valence-electron chi connectivity index (χ2n) is 4.71. The van der Waals surface area contributed by atoms with Crippen LogP contribution in [0.3, 0.4) is 0 Å². The van der Waals surface area contributed by atoms with E-state index in [1.165, 1.54) is 0 Å². The maximum atomic E-state index is 11.5. The Morgan fingerprint density at radius 2 is 2.13 bits per heavy atom. The number of carbonyl (C=O) groups is 1. The first-order valence-electron chi connectivity index (χ1n) is 5.30. The first-order chi connectivity index (χ1) is 6.93. The van der Waals surface area contributed by atoms with Crippen LogP contribution in [0.2, 0.25) is 0 Å². The number of ether oxygens (including phenoxy) is 1. The number of carbonyl (C=O) groups excluding carboxylic acids is 1. The summed E-state index contributed by atoms with van der Waals surface area (Å²) in [5, 5.41) is 11.7. The zero-order valence-electron chi connectivity index (χ0n) is 10.2. The van der Waals surface area contributed by atoms with Gasteiger partial charge in [0.2, 0.25) is 5.91 Å². The highest BCUT2D eigenvalue weighted by Crippen LogP contribution is 2.18. The Kier molecular flexibility index (Phi) is 6.52. The molecular formula is C11H23NO3. The molecule has 0 aromatic carbocycles. The van der Waals surface area contributed by atoms with E-state index in [-0.39, 0.29) is 23.8 Å². The van der Waals surface area contributed by atoms with E-state index < -0.39 is 0 Å². The van der Waals surface area contributed by atoms with Crippen molar-refractivity contribution >= 4 is 5.91 Å². The van der Waals surface area contributed by atoms with Crippen molar-refractivity contribution in [2.75, 3.05) is 26.9 Å². The molecule has 0 radical (unpaired) electrons. The van der Waals surface area contributed by atoms with Gasteiger partial charge in [-0.05, 0) is 11.8 Å². The first-order valence-corrected chi connectivity index (χ1v) is 5.30. The van der Waals surface area contributed by atoms with Gasteiger partial charge in [-0.25, -0.2) is 0 Å². The molecule has 0 aromatic heterocycles. The van der Waals surface area contributed by atoms with E-state index in [9.17, 15) is 4.79 Å². The minimum Gasteiger partial charge on any atom is -0.396 e. The SMILES string of the molecule is COCC(C)C(=O)NCC(C)(C)CCO. The Balaban J connectivity index is 3.88. The summed E-state index contributed by atoms with van der Waals surface area (Å²) in [5.41, 5.74) is -0.0583. The van der Waals surface area contributed by atoms with Crippen LogP contribution in [0.4, 0.5) is 0 Å². The van der Waals surface area contributed by atoms with E-state index in [0.717, 1.165) is 0 Å². The normalized spacial score (nSPS) is 13.7. The second-order valence-corrected chi connectivity index (χ2v) is 4.71. The maximum absolute atomic E-state index is 11.5. The molecule has 0 aromatic rings. The van der Waals surface area contributed by atoms with Crippen molar-refractivity contribution in [3.05, 3.63) is 0 Å². The summed E-state index contributed by atoms with van der Waals surface area (Å²) < 4.78 is 4.90. The molecule has 0 rings (SSSR count). The minimum atomic E-state index is -0.125. The van der Waals surface area contributed by atoms with Crippen LogP contribution in [0.5, 0.6) is 0 Å².